The van der Waals surface area contributed by atoms with Crippen molar-refractivity contribution in [2.45, 2.75) is 13.0 Å². The highest BCUT2D eigenvalue weighted by molar-refractivity contribution is 9.10. The average molecular weight is 403 g/mol. The molecule has 0 amide bonds. The molecule has 0 aliphatic carbocycles. The molecule has 7 heteroatoms. The summed E-state index contributed by atoms with van der Waals surface area (Å²) in [4.78, 5) is 16.6. The highest BCUT2D eigenvalue weighted by Crippen LogP contribution is 2.27. The van der Waals surface area contributed by atoms with Gasteiger partial charge in [0.2, 0.25) is 5.82 Å². The molecule has 0 unspecified atom stereocenters. The molecule has 0 radical (unpaired) electrons. The quantitative estimate of drug-likeness (QED) is 0.587. The number of aromatic nitrogens is 2. The number of rotatable bonds is 5. The lowest BCUT2D eigenvalue weighted by Gasteiger charge is -2.10. The van der Waals surface area contributed by atoms with E-state index < -0.39 is 12.1 Å². The van der Waals surface area contributed by atoms with Gasteiger partial charge in [-0.15, -0.1) is 0 Å². The summed E-state index contributed by atoms with van der Waals surface area (Å²) in [5.74, 6) is 0.829. The summed E-state index contributed by atoms with van der Waals surface area (Å²) in [5.41, 5.74) is 1.22. The molecule has 0 saturated heterocycles. The van der Waals surface area contributed by atoms with Crippen molar-refractivity contribution < 1.29 is 18.8 Å². The first-order chi connectivity index (χ1) is 12.1. The van der Waals surface area contributed by atoms with E-state index in [1.807, 2.05) is 30.3 Å². The summed E-state index contributed by atoms with van der Waals surface area (Å²) in [6.07, 6.45) is -0.668. The number of hydrogen-bond donors (Lipinski definition) is 0. The van der Waals surface area contributed by atoms with Crippen LogP contribution < -0.4 is 4.74 Å². The number of ether oxygens (including phenoxy) is 2. The lowest BCUT2D eigenvalue weighted by atomic mass is 10.2. The van der Waals surface area contributed by atoms with Gasteiger partial charge in [-0.05, 0) is 41.1 Å². The topological polar surface area (TPSA) is 74.5 Å². The average Bonchev–Trinajstić information content (AvgIpc) is 3.12. The van der Waals surface area contributed by atoms with Gasteiger partial charge in [-0.25, -0.2) is 4.79 Å². The van der Waals surface area contributed by atoms with Gasteiger partial charge in [0.15, 0.2) is 6.10 Å². The fraction of sp³-hybridized carbons (Fsp3) is 0.167. The number of methoxy groups -OCH3 is 1. The van der Waals surface area contributed by atoms with Crippen molar-refractivity contribution in [1.29, 1.82) is 0 Å². The standard InChI is InChI=1S/C18H15BrN2O4/c1-11(17-20-16(21-25-17)12-6-4-3-5-7-12)24-18(22)13-8-9-15(23-2)14(19)10-13/h3-11H,1-2H3/t11-/m1/s1. The van der Waals surface area contributed by atoms with Gasteiger partial charge in [0.1, 0.15) is 5.75 Å². The molecule has 1 atom stereocenters. The summed E-state index contributed by atoms with van der Waals surface area (Å²) >= 11 is 3.34. The Labute approximate surface area is 152 Å². The third-order valence-electron chi connectivity index (χ3n) is 3.49. The van der Waals surface area contributed by atoms with Crippen LogP contribution in [0.2, 0.25) is 0 Å². The van der Waals surface area contributed by atoms with Crippen LogP contribution in [-0.4, -0.2) is 23.2 Å². The van der Waals surface area contributed by atoms with Crippen molar-refractivity contribution in [3.05, 3.63) is 64.5 Å². The molecule has 1 heterocycles. The maximum Gasteiger partial charge on any atom is 0.338 e. The molecule has 3 rings (SSSR count). The van der Waals surface area contributed by atoms with Gasteiger partial charge < -0.3 is 14.0 Å². The minimum atomic E-state index is -0.668. The smallest absolute Gasteiger partial charge is 0.338 e. The molecule has 0 bridgehead atoms. The van der Waals surface area contributed by atoms with Crippen molar-refractivity contribution in [2.75, 3.05) is 7.11 Å². The minimum Gasteiger partial charge on any atom is -0.496 e. The Bertz CT molecular complexity index is 880. The van der Waals surface area contributed by atoms with Crippen LogP contribution in [0.1, 0.15) is 29.3 Å². The lowest BCUT2D eigenvalue weighted by molar-refractivity contribution is 0.0265. The van der Waals surface area contributed by atoms with Gasteiger partial charge >= 0.3 is 5.97 Å². The molecule has 25 heavy (non-hydrogen) atoms. The van der Waals surface area contributed by atoms with Crippen LogP contribution >= 0.6 is 15.9 Å². The minimum absolute atomic E-state index is 0.236. The zero-order valence-electron chi connectivity index (χ0n) is 13.6. The molecule has 6 nitrogen and oxygen atoms in total. The maximum absolute atomic E-state index is 12.3. The number of carbonyl (C=O) groups is 1. The van der Waals surface area contributed by atoms with Crippen molar-refractivity contribution >= 4 is 21.9 Å². The second-order valence-electron chi connectivity index (χ2n) is 5.22. The molecular weight excluding hydrogens is 388 g/mol. The first kappa shape index (κ1) is 17.2. The second-order valence-corrected chi connectivity index (χ2v) is 6.07. The summed E-state index contributed by atoms with van der Waals surface area (Å²) < 4.78 is 16.4. The molecule has 0 spiro atoms. The Morgan fingerprint density at radius 1 is 1.20 bits per heavy atom. The highest BCUT2D eigenvalue weighted by atomic mass is 79.9. The Kier molecular flexibility index (Phi) is 5.14. The Morgan fingerprint density at radius 2 is 1.96 bits per heavy atom. The van der Waals surface area contributed by atoms with Crippen LogP contribution in [0, 0.1) is 0 Å². The second kappa shape index (κ2) is 7.48. The van der Waals surface area contributed by atoms with Crippen molar-refractivity contribution in [3.63, 3.8) is 0 Å². The van der Waals surface area contributed by atoms with Crippen molar-refractivity contribution in [3.8, 4) is 17.1 Å². The molecule has 0 fully saturated rings. The molecular formula is C18H15BrN2O4. The maximum atomic E-state index is 12.3. The molecule has 1 aromatic heterocycles. The van der Waals surface area contributed by atoms with E-state index in [-0.39, 0.29) is 5.89 Å². The first-order valence-electron chi connectivity index (χ1n) is 7.52. The van der Waals surface area contributed by atoms with Gasteiger partial charge in [0.05, 0.1) is 17.1 Å². The van der Waals surface area contributed by atoms with Crippen LogP contribution in [0.4, 0.5) is 0 Å². The molecule has 3 aromatic rings. The Morgan fingerprint density at radius 3 is 2.64 bits per heavy atom. The third kappa shape index (κ3) is 3.88. The highest BCUT2D eigenvalue weighted by Gasteiger charge is 2.20. The van der Waals surface area contributed by atoms with E-state index in [1.165, 1.54) is 0 Å². The molecule has 0 aliphatic heterocycles. The number of halogens is 1. The Balaban J connectivity index is 1.72. The predicted octanol–water partition coefficient (Wildman–Crippen LogP) is 4.43. The van der Waals surface area contributed by atoms with Crippen LogP contribution in [0.15, 0.2) is 57.5 Å². The van der Waals surface area contributed by atoms with Gasteiger partial charge in [0.25, 0.3) is 5.89 Å². The summed E-state index contributed by atoms with van der Waals surface area (Å²) in [6, 6.07) is 14.4. The van der Waals surface area contributed by atoms with Crippen LogP contribution in [0.25, 0.3) is 11.4 Å². The molecule has 128 valence electrons. The first-order valence-corrected chi connectivity index (χ1v) is 8.31. The van der Waals surface area contributed by atoms with Gasteiger partial charge in [-0.2, -0.15) is 4.98 Å². The van der Waals surface area contributed by atoms with E-state index in [1.54, 1.807) is 32.2 Å². The van der Waals surface area contributed by atoms with E-state index in [4.69, 9.17) is 14.0 Å². The number of nitrogens with zero attached hydrogens (tertiary/aromatic N) is 2. The molecule has 0 N–H and O–H groups in total. The van der Waals surface area contributed by atoms with Crippen LogP contribution in [0.3, 0.4) is 0 Å². The monoisotopic (exact) mass is 402 g/mol. The predicted molar refractivity (Wildman–Crippen MR) is 94.3 cm³/mol. The van der Waals surface area contributed by atoms with Gasteiger partial charge in [-0.1, -0.05) is 35.5 Å². The fourth-order valence-electron chi connectivity index (χ4n) is 2.18. The van der Waals surface area contributed by atoms with E-state index in [2.05, 4.69) is 26.1 Å². The molecule has 2 aromatic carbocycles. The van der Waals surface area contributed by atoms with Gasteiger partial charge in [0, 0.05) is 5.56 Å². The Hall–Kier alpha value is -2.67. The summed E-state index contributed by atoms with van der Waals surface area (Å²) in [7, 11) is 1.56. The zero-order chi connectivity index (χ0) is 17.8. The van der Waals surface area contributed by atoms with Crippen LogP contribution in [0.5, 0.6) is 5.75 Å². The van der Waals surface area contributed by atoms with Crippen molar-refractivity contribution in [2.24, 2.45) is 0 Å². The third-order valence-corrected chi connectivity index (χ3v) is 4.11. The summed E-state index contributed by atoms with van der Waals surface area (Å²) in [6.45, 7) is 1.68. The normalized spacial score (nSPS) is 11.8. The summed E-state index contributed by atoms with van der Waals surface area (Å²) in [5, 5.41) is 3.92. The number of carbonyl (C=O) groups excluding carboxylic acids is 1. The number of hydrogen-bond acceptors (Lipinski definition) is 6. The molecule has 0 saturated carbocycles. The largest absolute Gasteiger partial charge is 0.496 e. The lowest BCUT2D eigenvalue weighted by Crippen LogP contribution is -2.09. The van der Waals surface area contributed by atoms with E-state index >= 15 is 0 Å². The van der Waals surface area contributed by atoms with Crippen LogP contribution in [-0.2, 0) is 4.74 Å². The van der Waals surface area contributed by atoms with Gasteiger partial charge in [-0.3, -0.25) is 0 Å². The van der Waals surface area contributed by atoms with Crippen molar-refractivity contribution in [1.82, 2.24) is 10.1 Å². The van der Waals surface area contributed by atoms with E-state index in [0.29, 0.717) is 21.6 Å². The number of benzene rings is 2. The zero-order valence-corrected chi connectivity index (χ0v) is 15.2. The van der Waals surface area contributed by atoms with E-state index in [0.717, 1.165) is 5.56 Å². The van der Waals surface area contributed by atoms with E-state index in [9.17, 15) is 4.79 Å². The number of esters is 1. The molecule has 0 aliphatic rings. The fourth-order valence-corrected chi connectivity index (χ4v) is 2.72. The SMILES string of the molecule is COc1ccc(C(=O)O[C@H](C)c2nc(-c3ccccc3)no2)cc1Br.